The topological polar surface area (TPSA) is 91.1 Å². The summed E-state index contributed by atoms with van der Waals surface area (Å²) in [5, 5.41) is 10.6. The molecule has 0 aliphatic carbocycles. The summed E-state index contributed by atoms with van der Waals surface area (Å²) in [6.45, 7) is 6.32. The maximum Gasteiger partial charge on any atom is 0.275 e. The van der Waals surface area contributed by atoms with Gasteiger partial charge in [-0.05, 0) is 37.6 Å². The Bertz CT molecular complexity index is 1270. The van der Waals surface area contributed by atoms with E-state index in [1.165, 1.54) is 0 Å². The number of nitrogens with one attached hydrogen (secondary N) is 1. The van der Waals surface area contributed by atoms with Crippen molar-refractivity contribution in [3.05, 3.63) is 69.8 Å². The molecule has 1 fully saturated rings. The van der Waals surface area contributed by atoms with Crippen molar-refractivity contribution in [1.29, 1.82) is 5.26 Å². The molecule has 3 aromatic rings. The number of morpholine rings is 1. The lowest BCUT2D eigenvalue weighted by Crippen LogP contribution is -2.40. The van der Waals surface area contributed by atoms with Crippen LogP contribution in [0.3, 0.4) is 0 Å². The van der Waals surface area contributed by atoms with Crippen LogP contribution >= 0.6 is 0 Å². The molecule has 1 aliphatic rings. The number of aromatic amines is 1. The van der Waals surface area contributed by atoms with Crippen molar-refractivity contribution < 1.29 is 9.53 Å². The molecule has 3 heterocycles. The lowest BCUT2D eigenvalue weighted by Gasteiger charge is -2.27. The molecule has 0 unspecified atom stereocenters. The van der Waals surface area contributed by atoms with E-state index in [4.69, 9.17) is 4.74 Å². The molecule has 0 spiro atoms. The van der Waals surface area contributed by atoms with E-state index in [2.05, 4.69) is 11.1 Å². The van der Waals surface area contributed by atoms with E-state index in [1.807, 2.05) is 44.3 Å². The van der Waals surface area contributed by atoms with Crippen molar-refractivity contribution >= 4 is 16.8 Å². The van der Waals surface area contributed by atoms with Gasteiger partial charge in [-0.1, -0.05) is 18.2 Å². The quantitative estimate of drug-likeness (QED) is 0.661. The van der Waals surface area contributed by atoms with Crippen molar-refractivity contribution in [3.8, 4) is 17.2 Å². The van der Waals surface area contributed by atoms with Crippen LogP contribution < -0.4 is 5.56 Å². The van der Waals surface area contributed by atoms with Gasteiger partial charge in [0.15, 0.2) is 0 Å². The average molecular weight is 416 g/mol. The smallest absolute Gasteiger partial charge is 0.275 e. The highest BCUT2D eigenvalue weighted by Gasteiger charge is 2.22. The molecule has 2 aromatic heterocycles. The number of allylic oxidation sites excluding steroid dienone is 2. The van der Waals surface area contributed by atoms with Crippen molar-refractivity contribution in [1.82, 2.24) is 14.5 Å². The van der Waals surface area contributed by atoms with Crippen LogP contribution in [-0.2, 0) is 11.3 Å². The second kappa shape index (κ2) is 8.62. The third kappa shape index (κ3) is 3.90. The molecule has 1 aromatic carbocycles. The summed E-state index contributed by atoms with van der Waals surface area (Å²) in [5.74, 6) is -0.160. The first-order valence-corrected chi connectivity index (χ1v) is 10.3. The summed E-state index contributed by atoms with van der Waals surface area (Å²) in [6.07, 6.45) is 5.63. The molecule has 31 heavy (non-hydrogen) atoms. The number of nitrogens with zero attached hydrogens (tertiary/aromatic N) is 3. The summed E-state index contributed by atoms with van der Waals surface area (Å²) < 4.78 is 6.96. The number of fused-ring (bicyclic) bond motifs is 1. The molecule has 0 bridgehead atoms. The summed E-state index contributed by atoms with van der Waals surface area (Å²) in [7, 11) is 0. The van der Waals surface area contributed by atoms with Crippen molar-refractivity contribution in [2.45, 2.75) is 20.4 Å². The number of rotatable bonds is 4. The minimum Gasteiger partial charge on any atom is -0.378 e. The molecule has 0 radical (unpaired) electrons. The molecule has 1 aliphatic heterocycles. The van der Waals surface area contributed by atoms with Crippen molar-refractivity contribution in [2.24, 2.45) is 0 Å². The summed E-state index contributed by atoms with van der Waals surface area (Å²) in [5.41, 5.74) is 3.66. The van der Waals surface area contributed by atoms with Crippen LogP contribution in [0.15, 0.2) is 47.4 Å². The molecule has 158 valence electrons. The number of aryl methyl sites for hydroxylation is 1. The lowest BCUT2D eigenvalue weighted by molar-refractivity contribution is 0.0302. The van der Waals surface area contributed by atoms with E-state index >= 15 is 0 Å². The Labute approximate surface area is 180 Å². The fourth-order valence-corrected chi connectivity index (χ4v) is 3.91. The summed E-state index contributed by atoms with van der Waals surface area (Å²) in [6, 6.07) is 9.39. The van der Waals surface area contributed by atoms with Gasteiger partial charge in [0.2, 0.25) is 0 Å². The van der Waals surface area contributed by atoms with Gasteiger partial charge < -0.3 is 19.2 Å². The first-order valence-electron chi connectivity index (χ1n) is 10.3. The zero-order chi connectivity index (χ0) is 22.0. The Balaban J connectivity index is 1.82. The largest absolute Gasteiger partial charge is 0.378 e. The Hall–Kier alpha value is -3.63. The maximum atomic E-state index is 12.9. The number of benzene rings is 1. The molecule has 7 heteroatoms. The lowest BCUT2D eigenvalue weighted by atomic mass is 9.97. The summed E-state index contributed by atoms with van der Waals surface area (Å²) in [4.78, 5) is 30.7. The minimum atomic E-state index is -0.160. The van der Waals surface area contributed by atoms with Gasteiger partial charge in [0, 0.05) is 42.5 Å². The number of H-pyrrole nitrogens is 1. The van der Waals surface area contributed by atoms with E-state index in [9.17, 15) is 14.9 Å². The van der Waals surface area contributed by atoms with Gasteiger partial charge >= 0.3 is 0 Å². The summed E-state index contributed by atoms with van der Waals surface area (Å²) >= 11 is 0. The van der Waals surface area contributed by atoms with Crippen LogP contribution in [-0.4, -0.2) is 46.7 Å². The van der Waals surface area contributed by atoms with Gasteiger partial charge in [0.25, 0.3) is 11.5 Å². The third-order valence-electron chi connectivity index (χ3n) is 5.52. The first kappa shape index (κ1) is 20.6. The SMILES string of the molecule is C/C=C/Cn1cc(-c2ccc(C(=O)N3CCOCC3)c(C#N)c2)c2cc(C)[nH]c2c1=O. The van der Waals surface area contributed by atoms with Gasteiger partial charge in [-0.2, -0.15) is 5.26 Å². The molecule has 1 N–H and O–H groups in total. The number of ether oxygens (including phenoxy) is 1. The van der Waals surface area contributed by atoms with Crippen LogP contribution in [0.1, 0.15) is 28.5 Å². The monoisotopic (exact) mass is 416 g/mol. The number of carbonyl (C=O) groups is 1. The van der Waals surface area contributed by atoms with Crippen LogP contribution in [0.5, 0.6) is 0 Å². The predicted octanol–water partition coefficient (Wildman–Crippen LogP) is 3.23. The molecule has 1 amide bonds. The predicted molar refractivity (Wildman–Crippen MR) is 119 cm³/mol. The molecule has 4 rings (SSSR count). The Morgan fingerprint density at radius 1 is 1.29 bits per heavy atom. The van der Waals surface area contributed by atoms with Crippen LogP contribution in [0, 0.1) is 18.3 Å². The Morgan fingerprint density at radius 3 is 2.77 bits per heavy atom. The fraction of sp³-hybridized carbons (Fsp3) is 0.292. The zero-order valence-corrected chi connectivity index (χ0v) is 17.6. The van der Waals surface area contributed by atoms with E-state index in [0.717, 1.165) is 22.2 Å². The number of pyridine rings is 1. The van der Waals surface area contributed by atoms with E-state index < -0.39 is 0 Å². The maximum absolute atomic E-state index is 12.9. The van der Waals surface area contributed by atoms with Gasteiger partial charge in [0.1, 0.15) is 5.52 Å². The van der Waals surface area contributed by atoms with E-state index in [0.29, 0.717) is 49.5 Å². The van der Waals surface area contributed by atoms with Crippen LogP contribution in [0.25, 0.3) is 22.0 Å². The van der Waals surface area contributed by atoms with Crippen LogP contribution in [0.2, 0.25) is 0 Å². The van der Waals surface area contributed by atoms with Crippen molar-refractivity contribution in [2.75, 3.05) is 26.3 Å². The zero-order valence-electron chi connectivity index (χ0n) is 17.6. The number of amides is 1. The molecule has 1 saturated heterocycles. The van der Waals surface area contributed by atoms with Gasteiger partial charge in [-0.15, -0.1) is 0 Å². The van der Waals surface area contributed by atoms with E-state index in [-0.39, 0.29) is 11.5 Å². The molecule has 0 atom stereocenters. The second-order valence-corrected chi connectivity index (χ2v) is 7.59. The molecule has 7 nitrogen and oxygen atoms in total. The molecule has 0 saturated carbocycles. The van der Waals surface area contributed by atoms with Crippen molar-refractivity contribution in [3.63, 3.8) is 0 Å². The highest BCUT2D eigenvalue weighted by Crippen LogP contribution is 2.29. The first-order chi connectivity index (χ1) is 15.0. The second-order valence-electron chi connectivity index (χ2n) is 7.59. The Morgan fingerprint density at radius 2 is 2.06 bits per heavy atom. The minimum absolute atomic E-state index is 0.0930. The van der Waals surface area contributed by atoms with Gasteiger partial charge in [-0.25, -0.2) is 0 Å². The number of carbonyl (C=O) groups excluding carboxylic acids is 1. The van der Waals surface area contributed by atoms with Gasteiger partial charge in [-0.3, -0.25) is 9.59 Å². The molecular formula is C24H24N4O3. The standard InChI is InChI=1S/C24H24N4O3/c1-3-4-7-28-15-21(20-12-16(2)26-22(20)24(28)30)17-5-6-19(18(13-17)14-25)23(29)27-8-10-31-11-9-27/h3-6,12-13,15,26H,7-11H2,1-2H3/b4-3+. The van der Waals surface area contributed by atoms with E-state index in [1.54, 1.807) is 21.6 Å². The number of hydrogen-bond acceptors (Lipinski definition) is 4. The highest BCUT2D eigenvalue weighted by molar-refractivity contribution is 5.99. The number of nitriles is 1. The highest BCUT2D eigenvalue weighted by atomic mass is 16.5. The normalized spacial score (nSPS) is 14.3. The Kier molecular flexibility index (Phi) is 5.74. The average Bonchev–Trinajstić information content (AvgIpc) is 3.20. The number of hydrogen-bond donors (Lipinski definition) is 1. The number of aromatic nitrogens is 2. The molecular weight excluding hydrogens is 392 g/mol. The van der Waals surface area contributed by atoms with Gasteiger partial charge in [0.05, 0.1) is 30.4 Å². The van der Waals surface area contributed by atoms with Crippen LogP contribution in [0.4, 0.5) is 0 Å². The third-order valence-corrected chi connectivity index (χ3v) is 5.52. The fourth-order valence-electron chi connectivity index (χ4n) is 3.91.